The first-order chi connectivity index (χ1) is 7.86. The predicted octanol–water partition coefficient (Wildman–Crippen LogP) is 3.47. The van der Waals surface area contributed by atoms with E-state index in [-0.39, 0.29) is 0 Å². The van der Waals surface area contributed by atoms with E-state index < -0.39 is 10.8 Å². The van der Waals surface area contributed by atoms with Crippen molar-refractivity contribution in [3.63, 3.8) is 0 Å². The van der Waals surface area contributed by atoms with Crippen LogP contribution in [0.4, 0.5) is 0 Å². The molecule has 16 heavy (non-hydrogen) atoms. The molecule has 76 valence electrons. The SMILES string of the molecule is O=S1c2cccc3ccc4cccc1c4c23. The third-order valence-electron chi connectivity index (χ3n) is 3.21. The summed E-state index contributed by atoms with van der Waals surface area (Å²) < 4.78 is 12.3. The molecule has 0 aliphatic carbocycles. The summed E-state index contributed by atoms with van der Waals surface area (Å²) in [6.07, 6.45) is 0. The van der Waals surface area contributed by atoms with Crippen LogP contribution < -0.4 is 0 Å². The number of benzene rings is 3. The van der Waals surface area contributed by atoms with Gasteiger partial charge in [-0.25, -0.2) is 4.21 Å². The van der Waals surface area contributed by atoms with Gasteiger partial charge in [-0.1, -0.05) is 36.4 Å². The van der Waals surface area contributed by atoms with Crippen molar-refractivity contribution in [1.82, 2.24) is 0 Å². The second-order valence-corrected chi connectivity index (χ2v) is 5.46. The Morgan fingerprint density at radius 2 is 1.19 bits per heavy atom. The molecular formula is C14H8OS. The molecule has 0 radical (unpaired) electrons. The summed E-state index contributed by atoms with van der Waals surface area (Å²) in [7, 11) is -0.993. The van der Waals surface area contributed by atoms with E-state index in [9.17, 15) is 4.21 Å². The van der Waals surface area contributed by atoms with E-state index in [1.807, 2.05) is 24.3 Å². The molecule has 2 heteroatoms. The maximum Gasteiger partial charge on any atom is 0.0862 e. The zero-order chi connectivity index (χ0) is 10.7. The summed E-state index contributed by atoms with van der Waals surface area (Å²) in [6.45, 7) is 0. The first-order valence-electron chi connectivity index (χ1n) is 5.22. The Hall–Kier alpha value is -1.67. The van der Waals surface area contributed by atoms with Crippen molar-refractivity contribution in [2.24, 2.45) is 0 Å². The average molecular weight is 224 g/mol. The van der Waals surface area contributed by atoms with Crippen molar-refractivity contribution >= 4 is 32.3 Å². The van der Waals surface area contributed by atoms with Crippen molar-refractivity contribution in [3.05, 3.63) is 48.5 Å². The fourth-order valence-electron chi connectivity index (χ4n) is 2.52. The zero-order valence-corrected chi connectivity index (χ0v) is 9.25. The Morgan fingerprint density at radius 3 is 1.69 bits per heavy atom. The topological polar surface area (TPSA) is 17.1 Å². The van der Waals surface area contributed by atoms with E-state index in [0.717, 1.165) is 9.79 Å². The van der Waals surface area contributed by atoms with Gasteiger partial charge >= 0.3 is 0 Å². The summed E-state index contributed by atoms with van der Waals surface area (Å²) >= 11 is 0. The minimum atomic E-state index is -0.993. The highest BCUT2D eigenvalue weighted by Crippen LogP contribution is 2.41. The minimum absolute atomic E-state index is 0.962. The van der Waals surface area contributed by atoms with Crippen molar-refractivity contribution in [2.45, 2.75) is 9.79 Å². The van der Waals surface area contributed by atoms with Crippen LogP contribution in [0.5, 0.6) is 0 Å². The number of rotatable bonds is 0. The second kappa shape index (κ2) is 2.71. The zero-order valence-electron chi connectivity index (χ0n) is 8.44. The van der Waals surface area contributed by atoms with Crippen LogP contribution >= 0.6 is 0 Å². The first-order valence-corrected chi connectivity index (χ1v) is 6.37. The van der Waals surface area contributed by atoms with Gasteiger partial charge < -0.3 is 0 Å². The van der Waals surface area contributed by atoms with E-state index in [1.54, 1.807) is 0 Å². The molecule has 3 aromatic carbocycles. The molecule has 0 aromatic heterocycles. The minimum Gasteiger partial charge on any atom is -0.249 e. The van der Waals surface area contributed by atoms with E-state index in [2.05, 4.69) is 24.3 Å². The summed E-state index contributed by atoms with van der Waals surface area (Å²) in [6, 6.07) is 16.3. The first kappa shape index (κ1) is 8.48. The number of hydrogen-bond acceptors (Lipinski definition) is 1. The Bertz CT molecular complexity index is 709. The van der Waals surface area contributed by atoms with Gasteiger partial charge in [-0.05, 0) is 22.9 Å². The molecule has 0 saturated carbocycles. The van der Waals surface area contributed by atoms with Crippen molar-refractivity contribution in [3.8, 4) is 0 Å². The Labute approximate surface area is 95.2 Å². The molecule has 3 aromatic rings. The van der Waals surface area contributed by atoms with Crippen LogP contribution in [0.2, 0.25) is 0 Å². The molecule has 1 heterocycles. The van der Waals surface area contributed by atoms with Gasteiger partial charge in [0.15, 0.2) is 0 Å². The van der Waals surface area contributed by atoms with Gasteiger partial charge in [0.05, 0.1) is 20.6 Å². The molecule has 0 bridgehead atoms. The molecule has 0 amide bonds. The van der Waals surface area contributed by atoms with Gasteiger partial charge in [-0.15, -0.1) is 0 Å². The third kappa shape index (κ3) is 0.843. The monoisotopic (exact) mass is 224 g/mol. The molecule has 0 N–H and O–H groups in total. The molecule has 0 atom stereocenters. The lowest BCUT2D eigenvalue weighted by Gasteiger charge is -2.00. The molecule has 1 aliphatic heterocycles. The van der Waals surface area contributed by atoms with Crippen LogP contribution in [0, 0.1) is 0 Å². The Morgan fingerprint density at radius 1 is 0.688 bits per heavy atom. The third-order valence-corrected chi connectivity index (χ3v) is 4.69. The fraction of sp³-hybridized carbons (Fsp3) is 0. The molecule has 1 nitrogen and oxygen atoms in total. The van der Waals surface area contributed by atoms with Crippen LogP contribution in [0.25, 0.3) is 21.5 Å². The number of hydrogen-bond donors (Lipinski definition) is 0. The lowest BCUT2D eigenvalue weighted by atomic mass is 10.0. The van der Waals surface area contributed by atoms with E-state index in [1.165, 1.54) is 21.5 Å². The molecule has 4 rings (SSSR count). The lowest BCUT2D eigenvalue weighted by molar-refractivity contribution is 0.685. The lowest BCUT2D eigenvalue weighted by Crippen LogP contribution is -1.85. The van der Waals surface area contributed by atoms with Crippen LogP contribution in [0.15, 0.2) is 58.3 Å². The van der Waals surface area contributed by atoms with Crippen LogP contribution in [0.1, 0.15) is 0 Å². The van der Waals surface area contributed by atoms with Gasteiger partial charge in [-0.3, -0.25) is 0 Å². The van der Waals surface area contributed by atoms with Gasteiger partial charge in [0.2, 0.25) is 0 Å². The largest absolute Gasteiger partial charge is 0.249 e. The highest BCUT2D eigenvalue weighted by Gasteiger charge is 2.22. The van der Waals surface area contributed by atoms with Crippen LogP contribution in [0.3, 0.4) is 0 Å². The molecular weight excluding hydrogens is 216 g/mol. The molecule has 0 spiro atoms. The quantitative estimate of drug-likeness (QED) is 0.418. The van der Waals surface area contributed by atoms with Crippen molar-refractivity contribution in [2.75, 3.05) is 0 Å². The second-order valence-electron chi connectivity index (χ2n) is 4.04. The van der Waals surface area contributed by atoms with Gasteiger partial charge in [-0.2, -0.15) is 0 Å². The van der Waals surface area contributed by atoms with E-state index >= 15 is 0 Å². The predicted molar refractivity (Wildman–Crippen MR) is 66.1 cm³/mol. The highest BCUT2D eigenvalue weighted by atomic mass is 32.2. The summed E-state index contributed by atoms with van der Waals surface area (Å²) in [5.74, 6) is 0. The fourth-order valence-corrected chi connectivity index (χ4v) is 3.97. The smallest absolute Gasteiger partial charge is 0.0862 e. The molecule has 0 saturated heterocycles. The van der Waals surface area contributed by atoms with Gasteiger partial charge in [0.1, 0.15) is 0 Å². The summed E-state index contributed by atoms with van der Waals surface area (Å²) in [5.41, 5.74) is 0. The molecule has 1 aliphatic rings. The normalized spacial score (nSPS) is 14.2. The van der Waals surface area contributed by atoms with E-state index in [0.29, 0.717) is 0 Å². The average Bonchev–Trinajstić information content (AvgIpc) is 2.64. The Balaban J connectivity index is 2.46. The van der Waals surface area contributed by atoms with Crippen molar-refractivity contribution in [1.29, 1.82) is 0 Å². The van der Waals surface area contributed by atoms with Crippen LogP contribution in [-0.4, -0.2) is 4.21 Å². The highest BCUT2D eigenvalue weighted by molar-refractivity contribution is 7.86. The maximum absolute atomic E-state index is 12.3. The maximum atomic E-state index is 12.3. The van der Waals surface area contributed by atoms with E-state index in [4.69, 9.17) is 0 Å². The van der Waals surface area contributed by atoms with Gasteiger partial charge in [0.25, 0.3) is 0 Å². The van der Waals surface area contributed by atoms with Crippen LogP contribution in [-0.2, 0) is 10.8 Å². The van der Waals surface area contributed by atoms with Crippen molar-refractivity contribution < 1.29 is 4.21 Å². The summed E-state index contributed by atoms with van der Waals surface area (Å²) in [5, 5.41) is 4.72. The molecule has 0 fully saturated rings. The van der Waals surface area contributed by atoms with Gasteiger partial charge in [0, 0.05) is 10.8 Å². The summed E-state index contributed by atoms with van der Waals surface area (Å²) in [4.78, 5) is 1.92. The Kier molecular flexibility index (Phi) is 1.44. The molecule has 0 unspecified atom stereocenters. The standard InChI is InChI=1S/C14H8OS/c15-16-11-5-1-3-9-7-8-10-4-2-6-12(16)14(10)13(9)11/h1-8H.